The van der Waals surface area contributed by atoms with Gasteiger partial charge in [0.25, 0.3) is 0 Å². The van der Waals surface area contributed by atoms with Crippen LogP contribution in [0.15, 0.2) is 55.5 Å². The number of aliphatic hydroxyl groups excluding tert-OH is 1. The van der Waals surface area contributed by atoms with Crippen molar-refractivity contribution in [3.05, 3.63) is 66.8 Å². The van der Waals surface area contributed by atoms with Gasteiger partial charge in [0.05, 0.1) is 18.5 Å². The fourth-order valence-corrected chi connectivity index (χ4v) is 4.49. The molecule has 10 heteroatoms. The van der Waals surface area contributed by atoms with Crippen molar-refractivity contribution < 1.29 is 24.6 Å². The normalized spacial score (nSPS) is 15.2. The molecule has 0 aliphatic carbocycles. The number of aromatic amines is 1. The molecule has 10 nitrogen and oxygen atoms in total. The number of carbonyl (C=O) groups is 3. The smallest absolute Gasteiger partial charge is 0.405 e. The minimum atomic E-state index is -1.34. The molecule has 0 fully saturated rings. The first-order valence-electron chi connectivity index (χ1n) is 13.4. The number of allylic oxidation sites excluding steroid dienone is 1. The number of carboxylic acid groups (broad SMARTS) is 1. The van der Waals surface area contributed by atoms with Gasteiger partial charge in [-0.1, -0.05) is 64.1 Å². The molecular weight excluding hydrogens is 498 g/mol. The van der Waals surface area contributed by atoms with Crippen LogP contribution in [-0.4, -0.2) is 62.3 Å². The summed E-state index contributed by atoms with van der Waals surface area (Å²) in [5.74, 6) is -0.553. The number of H-pyrrole nitrogens is 1. The maximum absolute atomic E-state index is 13.6. The number of hydrogen-bond donors (Lipinski definition) is 6. The number of amides is 3. The summed E-state index contributed by atoms with van der Waals surface area (Å²) < 4.78 is 0. The molecule has 0 saturated heterocycles. The molecule has 2 rings (SSSR count). The van der Waals surface area contributed by atoms with Crippen molar-refractivity contribution in [3.63, 3.8) is 0 Å². The van der Waals surface area contributed by atoms with Gasteiger partial charge >= 0.3 is 6.09 Å². The molecule has 214 valence electrons. The number of carbonyl (C=O) groups excluding carboxylic acids is 2. The van der Waals surface area contributed by atoms with E-state index in [0.717, 1.165) is 5.56 Å². The fourth-order valence-electron chi connectivity index (χ4n) is 4.49. The number of nitrogens with zero attached hydrogens (tertiary/aromatic N) is 1. The predicted octanol–water partition coefficient (Wildman–Crippen LogP) is 3.06. The fraction of sp³-hybridized carbons (Fsp3) is 0.517. The van der Waals surface area contributed by atoms with E-state index in [1.165, 1.54) is 6.33 Å². The maximum atomic E-state index is 13.6. The zero-order valence-corrected chi connectivity index (χ0v) is 23.3. The van der Waals surface area contributed by atoms with Crippen molar-refractivity contribution in [1.29, 1.82) is 0 Å². The Kier molecular flexibility index (Phi) is 12.7. The lowest BCUT2D eigenvalue weighted by Gasteiger charge is -2.31. The van der Waals surface area contributed by atoms with E-state index in [1.54, 1.807) is 30.5 Å². The van der Waals surface area contributed by atoms with Crippen molar-refractivity contribution in [3.8, 4) is 0 Å². The molecule has 2 aromatic rings. The van der Waals surface area contributed by atoms with E-state index in [9.17, 15) is 24.6 Å². The molecule has 6 N–H and O–H groups in total. The van der Waals surface area contributed by atoms with E-state index < -0.39 is 42.1 Å². The van der Waals surface area contributed by atoms with Gasteiger partial charge in [-0.15, -0.1) is 6.58 Å². The van der Waals surface area contributed by atoms with Gasteiger partial charge in [0, 0.05) is 24.7 Å². The third-order valence-electron chi connectivity index (χ3n) is 6.70. The van der Waals surface area contributed by atoms with Crippen LogP contribution in [0.1, 0.15) is 51.8 Å². The molecule has 0 radical (unpaired) electrons. The highest BCUT2D eigenvalue weighted by atomic mass is 16.4. The van der Waals surface area contributed by atoms with E-state index in [4.69, 9.17) is 0 Å². The van der Waals surface area contributed by atoms with Crippen molar-refractivity contribution in [2.75, 3.05) is 0 Å². The largest absolute Gasteiger partial charge is 0.465 e. The zero-order chi connectivity index (χ0) is 28.9. The molecule has 0 unspecified atom stereocenters. The number of rotatable bonds is 16. The van der Waals surface area contributed by atoms with Crippen LogP contribution < -0.4 is 16.0 Å². The van der Waals surface area contributed by atoms with Gasteiger partial charge in [-0.25, -0.2) is 9.78 Å². The number of hydrogen-bond acceptors (Lipinski definition) is 5. The van der Waals surface area contributed by atoms with Crippen LogP contribution in [-0.2, 0) is 22.4 Å². The second-order valence-electron chi connectivity index (χ2n) is 10.7. The van der Waals surface area contributed by atoms with Gasteiger partial charge in [-0.2, -0.15) is 0 Å². The minimum absolute atomic E-state index is 0.0768. The van der Waals surface area contributed by atoms with Crippen LogP contribution in [0.25, 0.3) is 0 Å². The summed E-state index contributed by atoms with van der Waals surface area (Å²) in [5, 5.41) is 28.4. The Bertz CT molecular complexity index is 1040. The van der Waals surface area contributed by atoms with Crippen LogP contribution in [0.4, 0.5) is 4.79 Å². The third-order valence-corrected chi connectivity index (χ3v) is 6.70. The molecule has 0 aliphatic rings. The quantitative estimate of drug-likeness (QED) is 0.179. The second-order valence-corrected chi connectivity index (χ2v) is 10.7. The highest BCUT2D eigenvalue weighted by molar-refractivity contribution is 5.91. The highest BCUT2D eigenvalue weighted by Crippen LogP contribution is 2.22. The SMILES string of the molecule is C=C[C@@H](C[C@@H](O)[C@H](CC(C)C)NC(=O)[C@H](Cc1cnc[nH]1)NC(=O)[C@H](Cc1ccccc1)NC(=O)O)C(C)C. The van der Waals surface area contributed by atoms with Gasteiger partial charge in [0.2, 0.25) is 11.8 Å². The minimum Gasteiger partial charge on any atom is -0.465 e. The summed E-state index contributed by atoms with van der Waals surface area (Å²) in [6.07, 6.45) is 3.90. The number of benzene rings is 1. The monoisotopic (exact) mass is 541 g/mol. The summed E-state index contributed by atoms with van der Waals surface area (Å²) in [6, 6.07) is 6.33. The van der Waals surface area contributed by atoms with E-state index in [2.05, 4.69) is 46.3 Å². The molecule has 39 heavy (non-hydrogen) atoms. The first-order chi connectivity index (χ1) is 18.5. The Morgan fingerprint density at radius 3 is 2.15 bits per heavy atom. The van der Waals surface area contributed by atoms with Crippen LogP contribution >= 0.6 is 0 Å². The number of aromatic nitrogens is 2. The Morgan fingerprint density at radius 1 is 0.974 bits per heavy atom. The van der Waals surface area contributed by atoms with E-state index in [-0.39, 0.29) is 30.6 Å². The van der Waals surface area contributed by atoms with Crippen molar-refractivity contribution in [1.82, 2.24) is 25.9 Å². The molecule has 0 bridgehead atoms. The summed E-state index contributed by atoms with van der Waals surface area (Å²) >= 11 is 0. The molecule has 0 spiro atoms. The van der Waals surface area contributed by atoms with Gasteiger partial charge in [0.1, 0.15) is 12.1 Å². The molecule has 1 aromatic carbocycles. The third kappa shape index (κ3) is 10.9. The van der Waals surface area contributed by atoms with Gasteiger partial charge in [-0.3, -0.25) is 9.59 Å². The lowest BCUT2D eigenvalue weighted by atomic mass is 9.86. The molecular formula is C29H43N5O5. The number of aliphatic hydroxyl groups is 1. The van der Waals surface area contributed by atoms with Crippen LogP contribution in [0.2, 0.25) is 0 Å². The second kappa shape index (κ2) is 15.7. The Labute approximate surface area is 230 Å². The Balaban J connectivity index is 2.25. The van der Waals surface area contributed by atoms with E-state index in [1.807, 2.05) is 26.0 Å². The molecule has 3 amide bonds. The summed E-state index contributed by atoms with van der Waals surface area (Å²) in [6.45, 7) is 12.0. The molecule has 0 saturated carbocycles. The van der Waals surface area contributed by atoms with Crippen LogP contribution in [0, 0.1) is 17.8 Å². The summed E-state index contributed by atoms with van der Waals surface area (Å²) in [7, 11) is 0. The van der Waals surface area contributed by atoms with Crippen LogP contribution in [0.5, 0.6) is 0 Å². The zero-order valence-electron chi connectivity index (χ0n) is 23.3. The standard InChI is InChI=1S/C29H43N5O5/c1-6-21(19(4)5)14-26(35)23(12-18(2)3)32-28(37)25(15-22-16-30-17-31-22)33-27(36)24(34-29(38)39)13-20-10-8-7-9-11-20/h6-11,16-19,21,23-26,34-35H,1,12-15H2,2-5H3,(H,30,31)(H,32,37)(H,33,36)(H,38,39)/t21-,23-,24-,25-,26+/m0/s1. The van der Waals surface area contributed by atoms with E-state index >= 15 is 0 Å². The average Bonchev–Trinajstić information content (AvgIpc) is 3.39. The van der Waals surface area contributed by atoms with Crippen molar-refractivity contribution in [2.24, 2.45) is 17.8 Å². The molecule has 5 atom stereocenters. The van der Waals surface area contributed by atoms with Crippen molar-refractivity contribution >= 4 is 17.9 Å². The summed E-state index contributed by atoms with van der Waals surface area (Å²) in [5.41, 5.74) is 1.39. The van der Waals surface area contributed by atoms with Gasteiger partial charge in [-0.05, 0) is 36.2 Å². The van der Waals surface area contributed by atoms with Gasteiger partial charge in [0.15, 0.2) is 0 Å². The first-order valence-corrected chi connectivity index (χ1v) is 13.4. The molecule has 1 heterocycles. The topological polar surface area (TPSA) is 156 Å². The maximum Gasteiger partial charge on any atom is 0.405 e. The Morgan fingerprint density at radius 2 is 1.62 bits per heavy atom. The highest BCUT2D eigenvalue weighted by Gasteiger charge is 2.31. The number of imidazole rings is 1. The van der Waals surface area contributed by atoms with Gasteiger partial charge < -0.3 is 31.1 Å². The van der Waals surface area contributed by atoms with E-state index in [0.29, 0.717) is 18.5 Å². The lowest BCUT2D eigenvalue weighted by Crippen LogP contribution is -2.57. The number of nitrogens with one attached hydrogen (secondary N) is 4. The lowest BCUT2D eigenvalue weighted by molar-refractivity contribution is -0.131. The first kappa shape index (κ1) is 31.6. The molecule has 1 aromatic heterocycles. The molecule has 0 aliphatic heterocycles. The Hall–Kier alpha value is -3.66. The predicted molar refractivity (Wildman–Crippen MR) is 150 cm³/mol. The summed E-state index contributed by atoms with van der Waals surface area (Å²) in [4.78, 5) is 45.2. The van der Waals surface area contributed by atoms with Crippen LogP contribution in [0.3, 0.4) is 0 Å². The van der Waals surface area contributed by atoms with Crippen molar-refractivity contribution in [2.45, 2.75) is 77.6 Å². The average molecular weight is 542 g/mol.